The van der Waals surface area contributed by atoms with E-state index in [1.165, 1.54) is 134 Å². The van der Waals surface area contributed by atoms with Crippen molar-refractivity contribution in [2.75, 3.05) is 13.2 Å². The monoisotopic (exact) mass is 512 g/mol. The molecule has 0 heterocycles. The van der Waals surface area contributed by atoms with Crippen LogP contribution in [0.5, 0.6) is 0 Å². The molecule has 214 valence electrons. The van der Waals surface area contributed by atoms with E-state index in [0.29, 0.717) is 0 Å². The molecule has 0 aromatic carbocycles. The molecule has 5 heteroatoms. The van der Waals surface area contributed by atoms with Crippen LogP contribution in [0.25, 0.3) is 0 Å². The highest BCUT2D eigenvalue weighted by Crippen LogP contribution is 2.12. The predicted molar refractivity (Wildman–Crippen MR) is 155 cm³/mol. The van der Waals surface area contributed by atoms with Gasteiger partial charge in [0.25, 0.3) is 0 Å². The highest BCUT2D eigenvalue weighted by Gasteiger charge is 1.95. The molecule has 0 spiro atoms. The van der Waals surface area contributed by atoms with Crippen molar-refractivity contribution < 1.29 is 24.5 Å². The van der Waals surface area contributed by atoms with Crippen LogP contribution in [0.4, 0.5) is 0 Å². The SMILES string of the molecule is C=CC(=O)O.CC=CC(=O)O.CCCCCCCCCCCCOCCCCCCCCCCCC. The first kappa shape index (κ1) is 38.9. The second kappa shape index (κ2) is 37.9. The van der Waals surface area contributed by atoms with E-state index in [-0.39, 0.29) is 0 Å². The number of hydrogen-bond acceptors (Lipinski definition) is 3. The number of carboxylic acids is 2. The van der Waals surface area contributed by atoms with Gasteiger partial charge < -0.3 is 14.9 Å². The van der Waals surface area contributed by atoms with Crippen molar-refractivity contribution >= 4 is 11.9 Å². The zero-order chi connectivity index (χ0) is 27.5. The van der Waals surface area contributed by atoms with Gasteiger partial charge in [0.2, 0.25) is 0 Å². The fraction of sp³-hybridized carbons (Fsp3) is 0.806. The molecule has 0 aromatic rings. The number of hydrogen-bond donors (Lipinski definition) is 2. The second-order valence-corrected chi connectivity index (χ2v) is 9.36. The van der Waals surface area contributed by atoms with Crippen molar-refractivity contribution in [2.45, 2.75) is 149 Å². The molecule has 0 radical (unpaired) electrons. The average molecular weight is 513 g/mol. The summed E-state index contributed by atoms with van der Waals surface area (Å²) in [5, 5.41) is 15.4. The maximum Gasteiger partial charge on any atom is 0.327 e. The lowest BCUT2D eigenvalue weighted by Crippen LogP contribution is -1.97. The molecule has 0 atom stereocenters. The molecule has 36 heavy (non-hydrogen) atoms. The van der Waals surface area contributed by atoms with Gasteiger partial charge in [-0.2, -0.15) is 0 Å². The highest BCUT2D eigenvalue weighted by atomic mass is 16.5. The van der Waals surface area contributed by atoms with Gasteiger partial charge in [-0.15, -0.1) is 0 Å². The molecule has 0 aliphatic heterocycles. The molecule has 0 bridgehead atoms. The summed E-state index contributed by atoms with van der Waals surface area (Å²) < 4.78 is 5.78. The molecule has 0 rings (SSSR count). The van der Waals surface area contributed by atoms with Crippen LogP contribution in [0.15, 0.2) is 24.8 Å². The number of allylic oxidation sites excluding steroid dienone is 1. The minimum absolute atomic E-state index is 0.833. The second-order valence-electron chi connectivity index (χ2n) is 9.36. The van der Waals surface area contributed by atoms with Crippen molar-refractivity contribution in [2.24, 2.45) is 0 Å². The Bertz CT molecular complexity index is 452. The van der Waals surface area contributed by atoms with Crippen LogP contribution >= 0.6 is 0 Å². The summed E-state index contributed by atoms with van der Waals surface area (Å²) in [6.45, 7) is 11.2. The third-order valence-corrected chi connectivity index (χ3v) is 5.77. The van der Waals surface area contributed by atoms with E-state index in [1.54, 1.807) is 6.92 Å². The van der Waals surface area contributed by atoms with Gasteiger partial charge in [0, 0.05) is 25.4 Å². The predicted octanol–water partition coefficient (Wildman–Crippen LogP) is 9.75. The van der Waals surface area contributed by atoms with Crippen LogP contribution in [0.1, 0.15) is 149 Å². The van der Waals surface area contributed by atoms with Gasteiger partial charge >= 0.3 is 11.9 Å². The third kappa shape index (κ3) is 49.5. The lowest BCUT2D eigenvalue weighted by molar-refractivity contribution is -0.132. The first-order valence-electron chi connectivity index (χ1n) is 14.7. The zero-order valence-corrected chi connectivity index (χ0v) is 24.1. The van der Waals surface area contributed by atoms with Gasteiger partial charge in [-0.1, -0.05) is 142 Å². The summed E-state index contributed by atoms with van der Waals surface area (Å²) in [6.07, 6.45) is 31.5. The van der Waals surface area contributed by atoms with E-state index in [0.717, 1.165) is 25.4 Å². The van der Waals surface area contributed by atoms with Crippen LogP contribution in [0.3, 0.4) is 0 Å². The van der Waals surface area contributed by atoms with Crippen molar-refractivity contribution in [3.8, 4) is 0 Å². The quantitative estimate of drug-likeness (QED) is 0.0993. The fourth-order valence-corrected chi connectivity index (χ4v) is 3.63. The molecule has 0 saturated heterocycles. The topological polar surface area (TPSA) is 83.8 Å². The summed E-state index contributed by atoms with van der Waals surface area (Å²) in [7, 11) is 0. The summed E-state index contributed by atoms with van der Waals surface area (Å²) in [5.41, 5.74) is 0. The van der Waals surface area contributed by atoms with E-state index < -0.39 is 11.9 Å². The maximum atomic E-state index is 9.51. The molecular formula is C31H60O5. The van der Waals surface area contributed by atoms with Crippen LogP contribution in [0, 0.1) is 0 Å². The van der Waals surface area contributed by atoms with Gasteiger partial charge in [-0.25, -0.2) is 9.59 Å². The number of aliphatic carboxylic acids is 2. The van der Waals surface area contributed by atoms with E-state index >= 15 is 0 Å². The molecule has 0 saturated carbocycles. The molecule has 0 aliphatic carbocycles. The molecule has 0 amide bonds. The number of ether oxygens (including phenoxy) is 1. The first-order chi connectivity index (χ1) is 17.5. The van der Waals surface area contributed by atoms with Crippen molar-refractivity contribution in [3.05, 3.63) is 24.8 Å². The van der Waals surface area contributed by atoms with E-state index in [9.17, 15) is 9.59 Å². The van der Waals surface area contributed by atoms with Gasteiger partial charge in [0.05, 0.1) is 0 Å². The van der Waals surface area contributed by atoms with Gasteiger partial charge in [-0.3, -0.25) is 0 Å². The largest absolute Gasteiger partial charge is 0.478 e. The molecule has 0 aliphatic rings. The van der Waals surface area contributed by atoms with Crippen LogP contribution in [-0.4, -0.2) is 35.4 Å². The highest BCUT2D eigenvalue weighted by molar-refractivity contribution is 5.79. The molecule has 0 unspecified atom stereocenters. The number of rotatable bonds is 24. The lowest BCUT2D eigenvalue weighted by Gasteiger charge is -2.05. The first-order valence-corrected chi connectivity index (χ1v) is 14.7. The fourth-order valence-electron chi connectivity index (χ4n) is 3.63. The maximum absolute atomic E-state index is 9.51. The summed E-state index contributed by atoms with van der Waals surface area (Å²) in [4.78, 5) is 18.8. The summed E-state index contributed by atoms with van der Waals surface area (Å²) >= 11 is 0. The van der Waals surface area contributed by atoms with Crippen molar-refractivity contribution in [1.82, 2.24) is 0 Å². The Morgan fingerprint density at radius 1 is 0.583 bits per heavy atom. The average Bonchev–Trinajstić information content (AvgIpc) is 2.85. The molecule has 0 fully saturated rings. The van der Waals surface area contributed by atoms with Crippen LogP contribution < -0.4 is 0 Å². The Hall–Kier alpha value is -1.62. The Morgan fingerprint density at radius 3 is 1.06 bits per heavy atom. The Balaban J connectivity index is -0.000000818. The summed E-state index contributed by atoms with van der Waals surface area (Å²) in [6, 6.07) is 0. The van der Waals surface area contributed by atoms with Gasteiger partial charge in [0.15, 0.2) is 0 Å². The normalized spacial score (nSPS) is 10.3. The van der Waals surface area contributed by atoms with Crippen molar-refractivity contribution in [3.63, 3.8) is 0 Å². The molecule has 2 N–H and O–H groups in total. The van der Waals surface area contributed by atoms with Gasteiger partial charge in [0.1, 0.15) is 0 Å². The number of unbranched alkanes of at least 4 members (excludes halogenated alkanes) is 18. The molecule has 5 nitrogen and oxygen atoms in total. The number of carboxylic acid groups (broad SMARTS) is 2. The Kier molecular flexibility index (Phi) is 41.0. The minimum atomic E-state index is -0.981. The zero-order valence-electron chi connectivity index (χ0n) is 24.1. The lowest BCUT2D eigenvalue weighted by atomic mass is 10.1. The van der Waals surface area contributed by atoms with Crippen LogP contribution in [-0.2, 0) is 14.3 Å². The number of carbonyl (C=O) groups is 2. The molecule has 0 aromatic heterocycles. The van der Waals surface area contributed by atoms with Crippen molar-refractivity contribution in [1.29, 1.82) is 0 Å². The standard InChI is InChI=1S/C24H50O.C4H6O2.C3H4O2/c1-3-5-7-9-11-13-15-17-19-21-23-25-24-22-20-18-16-14-12-10-8-6-4-2;1-2-3-4(5)6;1-2-3(4)5/h3-24H2,1-2H3;2-3H,1H3,(H,5,6);2H,1H2,(H,4,5). The molecular weight excluding hydrogens is 452 g/mol. The van der Waals surface area contributed by atoms with Gasteiger partial charge in [-0.05, 0) is 19.8 Å². The minimum Gasteiger partial charge on any atom is -0.478 e. The van der Waals surface area contributed by atoms with E-state index in [1.807, 2.05) is 0 Å². The Morgan fingerprint density at radius 2 is 0.861 bits per heavy atom. The van der Waals surface area contributed by atoms with E-state index in [2.05, 4.69) is 20.4 Å². The Labute approximate surface area is 223 Å². The summed E-state index contributed by atoms with van der Waals surface area (Å²) in [5.74, 6) is -1.87. The van der Waals surface area contributed by atoms with E-state index in [4.69, 9.17) is 14.9 Å². The third-order valence-electron chi connectivity index (χ3n) is 5.77. The smallest absolute Gasteiger partial charge is 0.327 e. The van der Waals surface area contributed by atoms with Crippen LogP contribution in [0.2, 0.25) is 0 Å².